The molecule has 5 rings (SSSR count). The zero-order chi connectivity index (χ0) is 30.6. The first kappa shape index (κ1) is 30.0. The van der Waals surface area contributed by atoms with Crippen molar-refractivity contribution in [1.82, 2.24) is 19.3 Å². The summed E-state index contributed by atoms with van der Waals surface area (Å²) in [6, 6.07) is 19.5. The standard InChI is InChI=1S/C32H30F3N5O2S/c1-21-7-6-8-22(2)29(21)40-23(3)19-43-31(40)37-28(41)10-5-4-9-24-11-13-25(14-12-24)30-36-20-39(38-30)26-15-17-27(18-16-26)42-32(33,34)35/h6-8,11-20H,4-5,9-10H2,1-3H3. The van der Waals surface area contributed by atoms with Crippen molar-refractivity contribution in [2.75, 3.05) is 0 Å². The Kier molecular flexibility index (Phi) is 8.91. The lowest BCUT2D eigenvalue weighted by Crippen LogP contribution is -2.18. The number of aryl methyl sites for hydroxylation is 4. The smallest absolute Gasteiger partial charge is 0.406 e. The third-order valence-corrected chi connectivity index (χ3v) is 7.85. The van der Waals surface area contributed by atoms with Gasteiger partial charge in [0.2, 0.25) is 5.91 Å². The summed E-state index contributed by atoms with van der Waals surface area (Å²) in [5.74, 6) is 0.0718. The molecule has 2 heterocycles. The number of ether oxygens (including phenoxy) is 1. The number of hydrogen-bond donors (Lipinski definition) is 0. The Morgan fingerprint density at radius 1 is 0.953 bits per heavy atom. The summed E-state index contributed by atoms with van der Waals surface area (Å²) in [5, 5.41) is 6.47. The summed E-state index contributed by atoms with van der Waals surface area (Å²) in [4.78, 5) is 22.2. The summed E-state index contributed by atoms with van der Waals surface area (Å²) in [6.45, 7) is 6.16. The highest BCUT2D eigenvalue weighted by atomic mass is 32.1. The molecule has 0 aliphatic heterocycles. The molecule has 7 nitrogen and oxygen atoms in total. The largest absolute Gasteiger partial charge is 0.573 e. The Morgan fingerprint density at radius 3 is 2.33 bits per heavy atom. The van der Waals surface area contributed by atoms with E-state index in [4.69, 9.17) is 0 Å². The second-order valence-electron chi connectivity index (χ2n) is 10.2. The number of halogens is 3. The maximum Gasteiger partial charge on any atom is 0.573 e. The molecule has 0 aliphatic carbocycles. The molecule has 5 aromatic rings. The Morgan fingerprint density at radius 2 is 1.65 bits per heavy atom. The lowest BCUT2D eigenvalue weighted by atomic mass is 10.0. The van der Waals surface area contributed by atoms with Crippen LogP contribution in [-0.4, -0.2) is 31.6 Å². The van der Waals surface area contributed by atoms with Crippen molar-refractivity contribution in [3.8, 4) is 28.5 Å². The van der Waals surface area contributed by atoms with Gasteiger partial charge in [-0.1, -0.05) is 42.5 Å². The van der Waals surface area contributed by atoms with Gasteiger partial charge in [0, 0.05) is 23.1 Å². The van der Waals surface area contributed by atoms with Crippen LogP contribution in [0.15, 0.2) is 83.4 Å². The van der Waals surface area contributed by atoms with Crippen LogP contribution in [0.4, 0.5) is 13.2 Å². The van der Waals surface area contributed by atoms with Gasteiger partial charge in [-0.2, -0.15) is 4.99 Å². The molecule has 0 spiro atoms. The number of benzene rings is 3. The van der Waals surface area contributed by atoms with E-state index in [1.165, 1.54) is 46.6 Å². The minimum absolute atomic E-state index is 0.124. The summed E-state index contributed by atoms with van der Waals surface area (Å²) < 4.78 is 44.6. The number of carbonyl (C=O) groups excluding carboxylic acids is 1. The van der Waals surface area contributed by atoms with Crippen LogP contribution in [0.1, 0.15) is 41.6 Å². The van der Waals surface area contributed by atoms with Gasteiger partial charge < -0.3 is 4.74 Å². The first-order valence-corrected chi connectivity index (χ1v) is 14.6. The Hall–Kier alpha value is -4.51. The van der Waals surface area contributed by atoms with Crippen LogP contribution < -0.4 is 9.54 Å². The van der Waals surface area contributed by atoms with Crippen molar-refractivity contribution in [3.63, 3.8) is 0 Å². The minimum Gasteiger partial charge on any atom is -0.406 e. The van der Waals surface area contributed by atoms with Crippen LogP contribution in [0.5, 0.6) is 5.75 Å². The lowest BCUT2D eigenvalue weighted by molar-refractivity contribution is -0.274. The van der Waals surface area contributed by atoms with E-state index in [0.717, 1.165) is 52.9 Å². The van der Waals surface area contributed by atoms with Crippen molar-refractivity contribution in [2.24, 2.45) is 4.99 Å². The molecule has 11 heteroatoms. The van der Waals surface area contributed by atoms with Crippen molar-refractivity contribution in [2.45, 2.75) is 52.8 Å². The van der Waals surface area contributed by atoms with Gasteiger partial charge in [-0.25, -0.2) is 9.67 Å². The molecular formula is C32H30F3N5O2S. The third kappa shape index (κ3) is 7.47. The van der Waals surface area contributed by atoms with Gasteiger partial charge in [0.05, 0.1) is 11.4 Å². The first-order valence-electron chi connectivity index (χ1n) is 13.8. The molecule has 0 unspecified atom stereocenters. The zero-order valence-corrected chi connectivity index (χ0v) is 24.7. The number of thiazole rings is 1. The van der Waals surface area contributed by atoms with Crippen LogP contribution in [0.25, 0.3) is 22.8 Å². The third-order valence-electron chi connectivity index (χ3n) is 6.91. The predicted molar refractivity (Wildman–Crippen MR) is 159 cm³/mol. The van der Waals surface area contributed by atoms with Crippen molar-refractivity contribution >= 4 is 17.2 Å². The van der Waals surface area contributed by atoms with E-state index >= 15 is 0 Å². The van der Waals surface area contributed by atoms with Gasteiger partial charge >= 0.3 is 6.36 Å². The van der Waals surface area contributed by atoms with E-state index in [1.807, 2.05) is 42.6 Å². The van der Waals surface area contributed by atoms with Gasteiger partial charge in [-0.15, -0.1) is 29.6 Å². The molecule has 1 amide bonds. The fraction of sp³-hybridized carbons (Fsp3) is 0.250. The Labute approximate surface area is 251 Å². The van der Waals surface area contributed by atoms with Crippen LogP contribution in [0.3, 0.4) is 0 Å². The number of nitrogens with zero attached hydrogens (tertiary/aromatic N) is 5. The molecule has 0 aliphatic rings. The number of para-hydroxylation sites is 1. The van der Waals surface area contributed by atoms with Gasteiger partial charge in [0.25, 0.3) is 0 Å². The minimum atomic E-state index is -4.74. The Balaban J connectivity index is 1.15. The molecule has 0 saturated carbocycles. The molecular weight excluding hydrogens is 575 g/mol. The maximum absolute atomic E-state index is 12.7. The van der Waals surface area contributed by atoms with Crippen LogP contribution in [0.2, 0.25) is 0 Å². The highest BCUT2D eigenvalue weighted by Gasteiger charge is 2.31. The number of aromatic nitrogens is 4. The second-order valence-corrected chi connectivity index (χ2v) is 11.0. The van der Waals surface area contributed by atoms with Gasteiger partial charge in [-0.3, -0.25) is 9.36 Å². The van der Waals surface area contributed by atoms with Crippen molar-refractivity contribution < 1.29 is 22.7 Å². The molecule has 0 bridgehead atoms. The molecule has 0 radical (unpaired) electrons. The number of alkyl halides is 3. The first-order chi connectivity index (χ1) is 20.6. The fourth-order valence-electron chi connectivity index (χ4n) is 4.81. The topological polar surface area (TPSA) is 74.3 Å². The van der Waals surface area contributed by atoms with Crippen molar-refractivity contribution in [1.29, 1.82) is 0 Å². The summed E-state index contributed by atoms with van der Waals surface area (Å²) in [6.07, 6.45) is -0.449. The molecule has 0 N–H and O–H groups in total. The van der Waals surface area contributed by atoms with Crippen molar-refractivity contribution in [3.05, 3.63) is 106 Å². The van der Waals surface area contributed by atoms with Gasteiger partial charge in [0.1, 0.15) is 12.1 Å². The van der Waals surface area contributed by atoms with Gasteiger partial charge in [0.15, 0.2) is 10.6 Å². The SMILES string of the molecule is Cc1cccc(C)c1-n1c(C)csc1=NC(=O)CCCCc1ccc(-c2ncn(-c3ccc(OC(F)(F)F)cc3)n2)cc1. The Bertz CT molecular complexity index is 1770. The molecule has 43 heavy (non-hydrogen) atoms. The molecule has 0 fully saturated rings. The van der Waals surface area contributed by atoms with E-state index in [1.54, 1.807) is 0 Å². The van der Waals surface area contributed by atoms with Crippen LogP contribution >= 0.6 is 11.3 Å². The predicted octanol–water partition coefficient (Wildman–Crippen LogP) is 7.45. The molecule has 0 atom stereocenters. The summed E-state index contributed by atoms with van der Waals surface area (Å²) >= 11 is 1.48. The van der Waals surface area contributed by atoms with E-state index in [0.29, 0.717) is 22.7 Å². The number of rotatable bonds is 9. The molecule has 0 saturated heterocycles. The molecule has 222 valence electrons. The monoisotopic (exact) mass is 605 g/mol. The van der Waals surface area contributed by atoms with Crippen LogP contribution in [0, 0.1) is 20.8 Å². The number of amides is 1. The van der Waals surface area contributed by atoms with E-state index < -0.39 is 6.36 Å². The quantitative estimate of drug-likeness (QED) is 0.164. The summed E-state index contributed by atoms with van der Waals surface area (Å²) in [5.41, 5.74) is 6.91. The maximum atomic E-state index is 12.7. The lowest BCUT2D eigenvalue weighted by Gasteiger charge is -2.12. The second kappa shape index (κ2) is 12.8. The van der Waals surface area contributed by atoms with Gasteiger partial charge in [-0.05, 0) is 81.0 Å². The zero-order valence-electron chi connectivity index (χ0n) is 23.9. The average molecular weight is 606 g/mol. The van der Waals surface area contributed by atoms with E-state index in [9.17, 15) is 18.0 Å². The highest BCUT2D eigenvalue weighted by Crippen LogP contribution is 2.24. The molecule has 3 aromatic carbocycles. The summed E-state index contributed by atoms with van der Waals surface area (Å²) in [7, 11) is 0. The number of carbonyl (C=O) groups is 1. The fourth-order valence-corrected chi connectivity index (χ4v) is 5.69. The molecule has 2 aromatic heterocycles. The average Bonchev–Trinajstić information content (AvgIpc) is 3.59. The normalized spacial score (nSPS) is 12.1. The number of hydrogen-bond acceptors (Lipinski definition) is 5. The van der Waals surface area contributed by atoms with E-state index in [-0.39, 0.29) is 11.7 Å². The number of unbranched alkanes of at least 4 members (excludes halogenated alkanes) is 1. The highest BCUT2D eigenvalue weighted by molar-refractivity contribution is 7.07. The van der Waals surface area contributed by atoms with E-state index in [2.05, 4.69) is 50.4 Å². The van der Waals surface area contributed by atoms with Crippen LogP contribution in [-0.2, 0) is 11.2 Å².